The minimum absolute atomic E-state index is 0.166. The Labute approximate surface area is 362 Å². The number of para-hydroxylation sites is 1. The molecule has 0 saturated heterocycles. The zero-order valence-electron chi connectivity index (χ0n) is 49.8. The summed E-state index contributed by atoms with van der Waals surface area (Å²) in [7, 11) is 0. The topological polar surface area (TPSA) is 43.9 Å². The maximum atomic E-state index is 10.3. The van der Waals surface area contributed by atoms with E-state index in [1.807, 2.05) is 72.8 Å². The first-order chi connectivity index (χ1) is 37.0. The molecular weight excluding hydrogens is 707 g/mol. The Bertz CT molecular complexity index is 4490. The normalized spacial score (nSPS) is 16.6. The van der Waals surface area contributed by atoms with E-state index in [0.29, 0.717) is 11.0 Å². The van der Waals surface area contributed by atoms with Crippen molar-refractivity contribution in [3.63, 3.8) is 0 Å². The molecule has 0 amide bonds. The number of rotatable bonds is 5. The fourth-order valence-corrected chi connectivity index (χ4v) is 7.52. The van der Waals surface area contributed by atoms with Crippen LogP contribution in [0, 0.1) is 0 Å². The van der Waals surface area contributed by atoms with Crippen LogP contribution in [0.25, 0.3) is 116 Å². The van der Waals surface area contributed by atoms with Crippen molar-refractivity contribution in [1.82, 2.24) is 14.5 Å². The Kier molecular flexibility index (Phi) is 4.09. The number of furan rings is 1. The van der Waals surface area contributed by atoms with E-state index in [9.17, 15) is 8.22 Å². The van der Waals surface area contributed by atoms with Crippen LogP contribution in [-0.4, -0.2) is 14.5 Å². The second-order valence-corrected chi connectivity index (χ2v) is 13.5. The van der Waals surface area contributed by atoms with E-state index in [0.717, 1.165) is 38.4 Å². The quantitative estimate of drug-likeness (QED) is 0.175. The Morgan fingerprint density at radius 1 is 0.448 bits per heavy atom. The Morgan fingerprint density at radius 3 is 1.59 bits per heavy atom. The van der Waals surface area contributed by atoms with Gasteiger partial charge in [0.05, 0.1) is 55.5 Å². The molecule has 12 aromatic rings. The molecule has 0 aliphatic carbocycles. The van der Waals surface area contributed by atoms with Crippen LogP contribution in [-0.2, 0) is 0 Å². The molecule has 4 heteroatoms. The van der Waals surface area contributed by atoms with Crippen molar-refractivity contribution in [3.8, 4) is 50.7 Å². The molecule has 0 unspecified atom stereocenters. The van der Waals surface area contributed by atoms with E-state index in [1.165, 1.54) is 0 Å². The molecule has 4 nitrogen and oxygen atoms in total. The van der Waals surface area contributed by atoms with E-state index >= 15 is 0 Å². The molecule has 0 saturated carbocycles. The van der Waals surface area contributed by atoms with Gasteiger partial charge in [0.1, 0.15) is 11.2 Å². The van der Waals surface area contributed by atoms with Crippen LogP contribution in [0.2, 0.25) is 0 Å². The molecule has 0 fully saturated rings. The molecule has 0 N–H and O–H groups in total. The van der Waals surface area contributed by atoms with Gasteiger partial charge in [-0.1, -0.05) is 151 Å². The van der Waals surface area contributed by atoms with Crippen molar-refractivity contribution in [2.45, 2.75) is 0 Å². The summed E-state index contributed by atoms with van der Waals surface area (Å²) in [5, 5.41) is 4.24. The van der Waals surface area contributed by atoms with Crippen molar-refractivity contribution in [3.05, 3.63) is 200 Å². The van der Waals surface area contributed by atoms with Crippen LogP contribution in [0.3, 0.4) is 0 Å². The van der Waals surface area contributed by atoms with Gasteiger partial charge in [-0.25, -0.2) is 9.97 Å². The smallest absolute Gasteiger partial charge is 0.160 e. The molecule has 0 bridgehead atoms. The first-order valence-electron chi connectivity index (χ1n) is 28.0. The maximum Gasteiger partial charge on any atom is 0.160 e. The number of aromatic nitrogens is 3. The molecule has 270 valence electrons. The summed E-state index contributed by atoms with van der Waals surface area (Å²) in [6.07, 6.45) is 0. The van der Waals surface area contributed by atoms with Gasteiger partial charge in [0, 0.05) is 44.3 Å². The van der Waals surface area contributed by atoms with Crippen molar-refractivity contribution < 1.29 is 31.8 Å². The van der Waals surface area contributed by atoms with Gasteiger partial charge in [0.25, 0.3) is 0 Å². The van der Waals surface area contributed by atoms with E-state index in [1.54, 1.807) is 4.57 Å². The van der Waals surface area contributed by atoms with Gasteiger partial charge in [0.2, 0.25) is 0 Å². The van der Waals surface area contributed by atoms with Gasteiger partial charge in [0.15, 0.2) is 5.82 Å². The summed E-state index contributed by atoms with van der Waals surface area (Å²) in [4.78, 5) is 8.83. The second kappa shape index (κ2) is 12.9. The fraction of sp³-hybridized carbons (Fsp3) is 0. The lowest BCUT2D eigenvalue weighted by Gasteiger charge is -2.13. The van der Waals surface area contributed by atoms with Gasteiger partial charge >= 0.3 is 0 Å². The Morgan fingerprint density at radius 2 is 0.966 bits per heavy atom. The van der Waals surface area contributed by atoms with Crippen LogP contribution in [0.5, 0.6) is 0 Å². The van der Waals surface area contributed by atoms with E-state index in [4.69, 9.17) is 23.6 Å². The highest BCUT2D eigenvalue weighted by atomic mass is 16.3. The largest absolute Gasteiger partial charge is 0.456 e. The van der Waals surface area contributed by atoms with Gasteiger partial charge in [-0.3, -0.25) is 0 Å². The predicted octanol–water partition coefficient (Wildman–Crippen LogP) is 14.4. The molecule has 3 aromatic heterocycles. The zero-order valence-corrected chi connectivity index (χ0v) is 29.8. The van der Waals surface area contributed by atoms with Gasteiger partial charge in [-0.15, -0.1) is 0 Å². The minimum Gasteiger partial charge on any atom is -0.456 e. The van der Waals surface area contributed by atoms with Crippen LogP contribution in [0.1, 0.15) is 27.4 Å². The van der Waals surface area contributed by atoms with E-state index in [2.05, 4.69) is 9.97 Å². The first-order valence-corrected chi connectivity index (χ1v) is 18.0. The first kappa shape index (κ1) is 18.4. The molecule has 58 heavy (non-hydrogen) atoms. The zero-order chi connectivity index (χ0) is 55.6. The standard InChI is InChI=1S/C54H33N3O/c1-3-13-35(14-4-1)47-33-48(56-54(55-47)37-15-5-2-6-16-37)36-25-23-34(24-26-36)44-31-42(32-52-53(44)43-21-11-12-22-51(43)58-52)57-49-29-40-19-9-7-17-38(40)27-45(49)46-28-39-18-8-10-20-41(39)30-50(46)57/h1-33H/i1D,2D,3D,4D,5D,6D,11D,12D,13D,14D,15D,16D,21D,22D,23D,24D,25D,26D,31D,32D. The molecule has 0 aliphatic heterocycles. The van der Waals surface area contributed by atoms with Crippen molar-refractivity contribution in [2.75, 3.05) is 0 Å². The lowest BCUT2D eigenvalue weighted by Crippen LogP contribution is -1.96. The maximum absolute atomic E-state index is 10.3. The molecular formula is C54H33N3O. The third-order valence-electron chi connectivity index (χ3n) is 10.1. The minimum atomic E-state index is -0.850. The highest BCUT2D eigenvalue weighted by Gasteiger charge is 2.20. The van der Waals surface area contributed by atoms with Crippen LogP contribution in [0.15, 0.2) is 204 Å². The SMILES string of the molecule is [2H]c1c([2H])c([2H])c(-c2cc(-c3c([2H])c([2H])c(-c4c([2H])c(-n5c6cc7ccccc7cc6c6cc7ccccc7cc65)c([2H])c5oc6c([2H])c([2H])c([2H])c([2H])c6c45)c([2H])c3[2H])nc(-c3c([2H])c([2H])c([2H])c([2H])c3[2H])n2)c([2H])c1[2H]. The van der Waals surface area contributed by atoms with Gasteiger partial charge < -0.3 is 8.98 Å². The summed E-state index contributed by atoms with van der Waals surface area (Å²) in [5.74, 6) is -0.663. The highest BCUT2D eigenvalue weighted by molar-refractivity contribution is 6.18. The molecule has 12 rings (SSSR count). The highest BCUT2D eigenvalue weighted by Crippen LogP contribution is 2.43. The summed E-state index contributed by atoms with van der Waals surface area (Å²) in [6.45, 7) is 0. The second-order valence-electron chi connectivity index (χ2n) is 13.5. The third-order valence-corrected chi connectivity index (χ3v) is 10.1. The van der Waals surface area contributed by atoms with Gasteiger partial charge in [-0.05, 0) is 75.1 Å². The van der Waals surface area contributed by atoms with E-state index in [-0.39, 0.29) is 22.0 Å². The number of fused-ring (bicyclic) bond motifs is 8. The van der Waals surface area contributed by atoms with Crippen molar-refractivity contribution in [2.24, 2.45) is 0 Å². The predicted molar refractivity (Wildman–Crippen MR) is 240 cm³/mol. The molecule has 0 spiro atoms. The summed E-state index contributed by atoms with van der Waals surface area (Å²) >= 11 is 0. The van der Waals surface area contributed by atoms with Crippen molar-refractivity contribution in [1.29, 1.82) is 0 Å². The average Bonchev–Trinajstić information content (AvgIpc) is 3.45. The fourth-order valence-electron chi connectivity index (χ4n) is 7.52. The summed E-state index contributed by atoms with van der Waals surface area (Å²) < 4.78 is 188. The monoisotopic (exact) mass is 759 g/mol. The van der Waals surface area contributed by atoms with Crippen LogP contribution < -0.4 is 0 Å². The average molecular weight is 760 g/mol. The lowest BCUT2D eigenvalue weighted by molar-refractivity contribution is 0.668. The van der Waals surface area contributed by atoms with Crippen molar-refractivity contribution >= 4 is 65.3 Å². The molecule has 3 heterocycles. The number of hydrogen-bond donors (Lipinski definition) is 0. The summed E-state index contributed by atoms with van der Waals surface area (Å²) in [6, 6.07) is 9.17. The molecule has 0 aliphatic rings. The van der Waals surface area contributed by atoms with Crippen LogP contribution in [0.4, 0.5) is 0 Å². The molecule has 0 atom stereocenters. The Hall–Kier alpha value is -7.82. The molecule has 9 aromatic carbocycles. The lowest BCUT2D eigenvalue weighted by atomic mass is 9.96. The van der Waals surface area contributed by atoms with Crippen LogP contribution >= 0.6 is 0 Å². The van der Waals surface area contributed by atoms with E-state index < -0.39 is 171 Å². The third kappa shape index (κ3) is 5.23. The Balaban J connectivity index is 1.22. The molecule has 0 radical (unpaired) electrons. The van der Waals surface area contributed by atoms with Gasteiger partial charge in [-0.2, -0.15) is 0 Å². The number of benzene rings is 9. The number of hydrogen-bond acceptors (Lipinski definition) is 3. The summed E-state index contributed by atoms with van der Waals surface area (Å²) in [5.41, 5.74) is -3.58. The number of nitrogens with zero attached hydrogens (tertiary/aromatic N) is 3.